The SMILES string of the molecule is CCc1cc(Br)ccc1NC(=NC1CCCC1)NN. The molecule has 5 heteroatoms. The second-order valence-corrected chi connectivity index (χ2v) is 5.76. The monoisotopic (exact) mass is 324 g/mol. The number of halogens is 1. The molecule has 0 heterocycles. The smallest absolute Gasteiger partial charge is 0.210 e. The number of nitrogens with one attached hydrogen (secondary N) is 2. The van der Waals surface area contributed by atoms with Crippen LogP contribution in [0.3, 0.4) is 0 Å². The lowest BCUT2D eigenvalue weighted by molar-refractivity contribution is 0.700. The van der Waals surface area contributed by atoms with Crippen LogP contribution in [0.5, 0.6) is 0 Å². The molecule has 4 N–H and O–H groups in total. The van der Waals surface area contributed by atoms with Crippen LogP contribution in [0.2, 0.25) is 0 Å². The van der Waals surface area contributed by atoms with Crippen LogP contribution in [-0.2, 0) is 6.42 Å². The highest BCUT2D eigenvalue weighted by Crippen LogP contribution is 2.23. The van der Waals surface area contributed by atoms with Crippen LogP contribution in [0.4, 0.5) is 5.69 Å². The Morgan fingerprint density at radius 2 is 2.16 bits per heavy atom. The van der Waals surface area contributed by atoms with Gasteiger partial charge in [-0.2, -0.15) is 0 Å². The van der Waals surface area contributed by atoms with E-state index in [2.05, 4.69) is 44.7 Å². The minimum Gasteiger partial charge on any atom is -0.325 e. The van der Waals surface area contributed by atoms with Gasteiger partial charge in [-0.25, -0.2) is 10.8 Å². The van der Waals surface area contributed by atoms with Crippen molar-refractivity contribution in [2.45, 2.75) is 45.1 Å². The normalized spacial score (nSPS) is 16.7. The minimum absolute atomic E-state index is 0.402. The first kappa shape index (κ1) is 14.3. The first-order valence-electron chi connectivity index (χ1n) is 6.82. The standard InChI is InChI=1S/C14H21BrN4/c1-2-10-9-11(15)7-8-13(10)18-14(19-16)17-12-5-3-4-6-12/h7-9,12H,2-6,16H2,1H3,(H2,17,18,19). The summed E-state index contributed by atoms with van der Waals surface area (Å²) in [7, 11) is 0. The van der Waals surface area contributed by atoms with Gasteiger partial charge in [0, 0.05) is 10.2 Å². The summed E-state index contributed by atoms with van der Waals surface area (Å²) in [6.45, 7) is 2.14. The van der Waals surface area contributed by atoms with Crippen LogP contribution in [-0.4, -0.2) is 12.0 Å². The molecule has 104 valence electrons. The summed E-state index contributed by atoms with van der Waals surface area (Å²) in [5, 5.41) is 3.30. The highest BCUT2D eigenvalue weighted by molar-refractivity contribution is 9.10. The third-order valence-electron chi connectivity index (χ3n) is 3.47. The number of aryl methyl sites for hydroxylation is 1. The van der Waals surface area contributed by atoms with Crippen LogP contribution in [0, 0.1) is 0 Å². The maximum Gasteiger partial charge on any atom is 0.210 e. The minimum atomic E-state index is 0.402. The molecule has 19 heavy (non-hydrogen) atoms. The molecule has 0 aliphatic heterocycles. The van der Waals surface area contributed by atoms with Crippen LogP contribution >= 0.6 is 15.9 Å². The fourth-order valence-electron chi connectivity index (χ4n) is 2.43. The first-order valence-corrected chi connectivity index (χ1v) is 7.62. The highest BCUT2D eigenvalue weighted by atomic mass is 79.9. The quantitative estimate of drug-likeness (QED) is 0.346. The van der Waals surface area contributed by atoms with Gasteiger partial charge in [0.2, 0.25) is 5.96 Å². The molecular formula is C14H21BrN4. The van der Waals surface area contributed by atoms with Gasteiger partial charge < -0.3 is 5.32 Å². The van der Waals surface area contributed by atoms with E-state index >= 15 is 0 Å². The summed E-state index contributed by atoms with van der Waals surface area (Å²) < 4.78 is 1.09. The Kier molecular flexibility index (Phi) is 5.22. The van der Waals surface area contributed by atoms with Crippen molar-refractivity contribution in [3.8, 4) is 0 Å². The first-order chi connectivity index (χ1) is 9.22. The van der Waals surface area contributed by atoms with Crippen molar-refractivity contribution in [1.29, 1.82) is 0 Å². The van der Waals surface area contributed by atoms with E-state index < -0.39 is 0 Å². The molecule has 0 atom stereocenters. The molecule has 1 saturated carbocycles. The molecule has 0 spiro atoms. The average Bonchev–Trinajstić information content (AvgIpc) is 2.92. The predicted molar refractivity (Wildman–Crippen MR) is 84.2 cm³/mol. The van der Waals surface area contributed by atoms with Crippen molar-refractivity contribution in [1.82, 2.24) is 5.43 Å². The molecule has 0 radical (unpaired) electrons. The second-order valence-electron chi connectivity index (χ2n) is 4.84. The van der Waals surface area contributed by atoms with Gasteiger partial charge in [0.1, 0.15) is 0 Å². The Morgan fingerprint density at radius 3 is 2.79 bits per heavy atom. The van der Waals surface area contributed by atoms with Crippen LogP contribution in [0.25, 0.3) is 0 Å². The summed E-state index contributed by atoms with van der Waals surface area (Å²) >= 11 is 3.49. The van der Waals surface area contributed by atoms with Crippen molar-refractivity contribution in [3.05, 3.63) is 28.2 Å². The molecule has 0 aromatic heterocycles. The number of hydrazine groups is 1. The molecule has 0 unspecified atom stereocenters. The van der Waals surface area contributed by atoms with Crippen LogP contribution in [0.1, 0.15) is 38.2 Å². The Balaban J connectivity index is 2.13. The number of nitrogens with zero attached hydrogens (tertiary/aromatic N) is 1. The number of hydrogen-bond acceptors (Lipinski definition) is 2. The van der Waals surface area contributed by atoms with E-state index in [1.165, 1.54) is 18.4 Å². The fraction of sp³-hybridized carbons (Fsp3) is 0.500. The van der Waals surface area contributed by atoms with E-state index in [0.29, 0.717) is 12.0 Å². The lowest BCUT2D eigenvalue weighted by atomic mass is 10.1. The van der Waals surface area contributed by atoms with Crippen molar-refractivity contribution >= 4 is 27.6 Å². The van der Waals surface area contributed by atoms with Crippen molar-refractivity contribution in [3.63, 3.8) is 0 Å². The number of guanidine groups is 1. The fourth-order valence-corrected chi connectivity index (χ4v) is 2.83. The van der Waals surface area contributed by atoms with Crippen LogP contribution < -0.4 is 16.6 Å². The van der Waals surface area contributed by atoms with E-state index in [0.717, 1.165) is 29.4 Å². The molecule has 1 fully saturated rings. The van der Waals surface area contributed by atoms with Crippen molar-refractivity contribution < 1.29 is 0 Å². The third-order valence-corrected chi connectivity index (χ3v) is 3.97. The summed E-state index contributed by atoms with van der Waals surface area (Å²) in [4.78, 5) is 4.64. The van der Waals surface area contributed by atoms with E-state index in [1.807, 2.05) is 12.1 Å². The maximum atomic E-state index is 5.57. The number of nitrogens with two attached hydrogens (primary N) is 1. The van der Waals surface area contributed by atoms with Gasteiger partial charge >= 0.3 is 0 Å². The highest BCUT2D eigenvalue weighted by Gasteiger charge is 2.15. The summed E-state index contributed by atoms with van der Waals surface area (Å²) in [5.74, 6) is 6.22. The number of aliphatic imine (C=N–C) groups is 1. The van der Waals surface area contributed by atoms with Gasteiger partial charge in [-0.15, -0.1) is 0 Å². The zero-order valence-electron chi connectivity index (χ0n) is 11.2. The maximum absolute atomic E-state index is 5.57. The Hall–Kier alpha value is -1.07. The molecule has 0 amide bonds. The summed E-state index contributed by atoms with van der Waals surface area (Å²) in [5.41, 5.74) is 4.97. The zero-order valence-corrected chi connectivity index (χ0v) is 12.8. The van der Waals surface area contributed by atoms with Crippen molar-refractivity contribution in [2.24, 2.45) is 10.8 Å². The average molecular weight is 325 g/mol. The molecule has 1 aliphatic rings. The van der Waals surface area contributed by atoms with E-state index in [4.69, 9.17) is 5.84 Å². The van der Waals surface area contributed by atoms with E-state index in [9.17, 15) is 0 Å². The Labute approximate surface area is 123 Å². The largest absolute Gasteiger partial charge is 0.325 e. The molecule has 4 nitrogen and oxygen atoms in total. The van der Waals surface area contributed by atoms with Gasteiger partial charge in [0.15, 0.2) is 0 Å². The third kappa shape index (κ3) is 3.94. The number of hydrogen-bond donors (Lipinski definition) is 3. The molecular weight excluding hydrogens is 304 g/mol. The van der Waals surface area contributed by atoms with Gasteiger partial charge in [0.25, 0.3) is 0 Å². The number of anilines is 1. The number of benzene rings is 1. The lowest BCUT2D eigenvalue weighted by Crippen LogP contribution is -2.37. The van der Waals surface area contributed by atoms with E-state index in [-0.39, 0.29) is 0 Å². The molecule has 1 aromatic carbocycles. The van der Waals surface area contributed by atoms with Gasteiger partial charge in [-0.3, -0.25) is 5.43 Å². The van der Waals surface area contributed by atoms with Gasteiger partial charge in [-0.1, -0.05) is 35.7 Å². The molecule has 0 bridgehead atoms. The molecule has 1 aromatic rings. The predicted octanol–water partition coefficient (Wildman–Crippen LogP) is 3.19. The molecule has 1 aliphatic carbocycles. The Bertz CT molecular complexity index is 453. The lowest BCUT2D eigenvalue weighted by Gasteiger charge is -2.14. The van der Waals surface area contributed by atoms with Gasteiger partial charge in [0.05, 0.1) is 6.04 Å². The second kappa shape index (κ2) is 6.91. The number of rotatable bonds is 3. The van der Waals surface area contributed by atoms with Crippen LogP contribution in [0.15, 0.2) is 27.7 Å². The summed E-state index contributed by atoms with van der Waals surface area (Å²) in [6.07, 6.45) is 5.82. The molecule has 2 rings (SSSR count). The zero-order chi connectivity index (χ0) is 13.7. The summed E-state index contributed by atoms with van der Waals surface area (Å²) in [6, 6.07) is 6.58. The Morgan fingerprint density at radius 1 is 1.42 bits per heavy atom. The van der Waals surface area contributed by atoms with Gasteiger partial charge in [-0.05, 0) is 43.0 Å². The van der Waals surface area contributed by atoms with Crippen molar-refractivity contribution in [2.75, 3.05) is 5.32 Å². The topological polar surface area (TPSA) is 62.4 Å². The molecule has 0 saturated heterocycles. The van der Waals surface area contributed by atoms with E-state index in [1.54, 1.807) is 0 Å².